The minimum atomic E-state index is -0.292. The Morgan fingerprint density at radius 3 is 2.68 bits per heavy atom. The molecule has 1 aliphatic heterocycles. The van der Waals surface area contributed by atoms with E-state index in [1.807, 2.05) is 43.3 Å². The van der Waals surface area contributed by atoms with Crippen molar-refractivity contribution in [2.45, 2.75) is 26.3 Å². The molecule has 2 heterocycles. The van der Waals surface area contributed by atoms with Crippen molar-refractivity contribution >= 4 is 41.7 Å². The standard InChI is InChI=1S/C22H30N4O4.HI/c1-2-28-14-4-11-23-21(24-12-10-20-5-3-15-29-20)25-17-18-6-8-19(9-7-18)26-13-16-30-22(26)27;/h3,5-9,15H,2,4,10-14,16-17H2,1H3,(H2,23,24,25);1H. The zero-order valence-electron chi connectivity index (χ0n) is 17.8. The molecule has 2 N–H and O–H groups in total. The molecule has 1 fully saturated rings. The Kier molecular flexibility index (Phi) is 11.2. The van der Waals surface area contributed by atoms with Gasteiger partial charge in [0.2, 0.25) is 0 Å². The molecule has 0 aliphatic carbocycles. The predicted molar refractivity (Wildman–Crippen MR) is 131 cm³/mol. The zero-order chi connectivity index (χ0) is 21.0. The molecule has 0 unspecified atom stereocenters. The Hall–Kier alpha value is -2.27. The Labute approximate surface area is 200 Å². The van der Waals surface area contributed by atoms with E-state index in [-0.39, 0.29) is 30.1 Å². The second-order valence-electron chi connectivity index (χ2n) is 6.83. The van der Waals surface area contributed by atoms with Gasteiger partial charge in [-0.2, -0.15) is 0 Å². The summed E-state index contributed by atoms with van der Waals surface area (Å²) in [7, 11) is 0. The van der Waals surface area contributed by atoms with Crippen molar-refractivity contribution in [1.82, 2.24) is 10.6 Å². The first kappa shape index (κ1) is 25.0. The van der Waals surface area contributed by atoms with E-state index in [1.165, 1.54) is 0 Å². The summed E-state index contributed by atoms with van der Waals surface area (Å²) in [4.78, 5) is 18.0. The summed E-state index contributed by atoms with van der Waals surface area (Å²) < 4.78 is 15.8. The highest BCUT2D eigenvalue weighted by Gasteiger charge is 2.23. The van der Waals surface area contributed by atoms with Gasteiger partial charge in [-0.15, -0.1) is 24.0 Å². The molecule has 3 rings (SSSR count). The van der Waals surface area contributed by atoms with Crippen LogP contribution < -0.4 is 15.5 Å². The van der Waals surface area contributed by atoms with Crippen LogP contribution in [0.25, 0.3) is 0 Å². The fourth-order valence-corrected chi connectivity index (χ4v) is 3.04. The van der Waals surface area contributed by atoms with Crippen LogP contribution in [0.1, 0.15) is 24.7 Å². The van der Waals surface area contributed by atoms with Crippen LogP contribution in [0.4, 0.5) is 10.5 Å². The lowest BCUT2D eigenvalue weighted by Crippen LogP contribution is -2.39. The van der Waals surface area contributed by atoms with Gasteiger partial charge in [0.1, 0.15) is 12.4 Å². The third kappa shape index (κ3) is 8.41. The van der Waals surface area contributed by atoms with E-state index in [1.54, 1.807) is 11.2 Å². The number of benzene rings is 1. The predicted octanol–water partition coefficient (Wildman–Crippen LogP) is 3.56. The summed E-state index contributed by atoms with van der Waals surface area (Å²) in [6.45, 7) is 6.51. The van der Waals surface area contributed by atoms with Crippen LogP contribution >= 0.6 is 24.0 Å². The van der Waals surface area contributed by atoms with Gasteiger partial charge in [-0.1, -0.05) is 12.1 Å². The smallest absolute Gasteiger partial charge is 0.414 e. The highest BCUT2D eigenvalue weighted by atomic mass is 127. The number of rotatable bonds is 11. The number of furan rings is 1. The highest BCUT2D eigenvalue weighted by molar-refractivity contribution is 14.0. The van der Waals surface area contributed by atoms with Crippen LogP contribution in [0, 0.1) is 0 Å². The van der Waals surface area contributed by atoms with Crippen LogP contribution in [0.2, 0.25) is 0 Å². The number of ether oxygens (including phenoxy) is 2. The fourth-order valence-electron chi connectivity index (χ4n) is 3.04. The lowest BCUT2D eigenvalue weighted by Gasteiger charge is -2.14. The van der Waals surface area contributed by atoms with E-state index in [0.29, 0.717) is 19.7 Å². The normalized spacial score (nSPS) is 13.6. The number of hydrogen-bond acceptors (Lipinski definition) is 5. The number of halogens is 1. The van der Waals surface area contributed by atoms with Crippen molar-refractivity contribution in [3.05, 3.63) is 54.0 Å². The third-order valence-corrected chi connectivity index (χ3v) is 4.63. The maximum absolute atomic E-state index is 11.7. The molecule has 1 aromatic carbocycles. The number of carbonyl (C=O) groups excluding carboxylic acids is 1. The van der Waals surface area contributed by atoms with Gasteiger partial charge in [-0.25, -0.2) is 9.79 Å². The maximum Gasteiger partial charge on any atom is 0.414 e. The molecular weight excluding hydrogens is 511 g/mol. The van der Waals surface area contributed by atoms with Gasteiger partial charge in [-0.3, -0.25) is 4.90 Å². The molecule has 1 aromatic heterocycles. The number of amides is 1. The summed E-state index contributed by atoms with van der Waals surface area (Å²) in [6, 6.07) is 11.7. The molecule has 0 saturated carbocycles. The van der Waals surface area contributed by atoms with Crippen molar-refractivity contribution in [2.24, 2.45) is 4.99 Å². The molecule has 1 saturated heterocycles. The lowest BCUT2D eigenvalue weighted by atomic mass is 10.2. The fraction of sp³-hybridized carbons (Fsp3) is 0.455. The summed E-state index contributed by atoms with van der Waals surface area (Å²) >= 11 is 0. The molecule has 0 bridgehead atoms. The average molecular weight is 542 g/mol. The first-order chi connectivity index (χ1) is 14.8. The van der Waals surface area contributed by atoms with Crippen molar-refractivity contribution < 1.29 is 18.7 Å². The Balaban J connectivity index is 0.00000341. The van der Waals surface area contributed by atoms with Crippen LogP contribution in [0.15, 0.2) is 52.1 Å². The summed E-state index contributed by atoms with van der Waals surface area (Å²) in [5, 5.41) is 6.70. The van der Waals surface area contributed by atoms with Gasteiger partial charge < -0.3 is 24.5 Å². The van der Waals surface area contributed by atoms with Gasteiger partial charge in [0, 0.05) is 38.4 Å². The first-order valence-corrected chi connectivity index (χ1v) is 10.4. The minimum Gasteiger partial charge on any atom is -0.469 e. The average Bonchev–Trinajstić information content (AvgIpc) is 3.43. The molecule has 1 aliphatic rings. The first-order valence-electron chi connectivity index (χ1n) is 10.4. The number of hydrogen-bond donors (Lipinski definition) is 2. The summed E-state index contributed by atoms with van der Waals surface area (Å²) in [5.74, 6) is 1.69. The number of guanidine groups is 1. The third-order valence-electron chi connectivity index (χ3n) is 4.63. The largest absolute Gasteiger partial charge is 0.469 e. The monoisotopic (exact) mass is 542 g/mol. The Morgan fingerprint density at radius 1 is 1.19 bits per heavy atom. The quantitative estimate of drug-likeness (QED) is 0.196. The van der Waals surface area contributed by atoms with Crippen LogP contribution in [-0.4, -0.2) is 51.5 Å². The molecule has 170 valence electrons. The van der Waals surface area contributed by atoms with E-state index >= 15 is 0 Å². The lowest BCUT2D eigenvalue weighted by molar-refractivity contribution is 0.145. The number of cyclic esters (lactones) is 1. The van der Waals surface area contributed by atoms with E-state index in [2.05, 4.69) is 10.6 Å². The molecule has 2 aromatic rings. The molecule has 0 radical (unpaired) electrons. The van der Waals surface area contributed by atoms with Crippen LogP contribution in [0.5, 0.6) is 0 Å². The molecule has 1 amide bonds. The SMILES string of the molecule is CCOCCCNC(=NCc1ccc(N2CCOC2=O)cc1)NCCc1ccco1.I. The number of anilines is 1. The van der Waals surface area contributed by atoms with E-state index in [4.69, 9.17) is 18.9 Å². The van der Waals surface area contributed by atoms with Gasteiger partial charge in [0.05, 0.1) is 19.4 Å². The number of nitrogens with zero attached hydrogens (tertiary/aromatic N) is 2. The van der Waals surface area contributed by atoms with Crippen molar-refractivity contribution in [3.63, 3.8) is 0 Å². The Morgan fingerprint density at radius 2 is 2.00 bits per heavy atom. The van der Waals surface area contributed by atoms with Gasteiger partial charge >= 0.3 is 6.09 Å². The summed E-state index contributed by atoms with van der Waals surface area (Å²) in [5.41, 5.74) is 1.91. The number of carbonyl (C=O) groups is 1. The number of nitrogens with one attached hydrogen (secondary N) is 2. The van der Waals surface area contributed by atoms with Gasteiger partial charge in [0.15, 0.2) is 5.96 Å². The minimum absolute atomic E-state index is 0. The van der Waals surface area contributed by atoms with Gasteiger partial charge in [-0.05, 0) is 43.2 Å². The zero-order valence-corrected chi connectivity index (χ0v) is 20.2. The summed E-state index contributed by atoms with van der Waals surface area (Å²) in [6.07, 6.45) is 3.09. The number of aliphatic imine (C=N–C) groups is 1. The van der Waals surface area contributed by atoms with Crippen LogP contribution in [0.3, 0.4) is 0 Å². The molecule has 9 heteroatoms. The van der Waals surface area contributed by atoms with Crippen molar-refractivity contribution in [2.75, 3.05) is 44.4 Å². The van der Waals surface area contributed by atoms with Crippen LogP contribution in [-0.2, 0) is 22.4 Å². The topological polar surface area (TPSA) is 88.3 Å². The molecule has 31 heavy (non-hydrogen) atoms. The highest BCUT2D eigenvalue weighted by Crippen LogP contribution is 2.19. The van der Waals surface area contributed by atoms with E-state index in [0.717, 1.165) is 62.1 Å². The van der Waals surface area contributed by atoms with Crippen molar-refractivity contribution in [1.29, 1.82) is 0 Å². The van der Waals surface area contributed by atoms with Gasteiger partial charge in [0.25, 0.3) is 0 Å². The molecule has 8 nitrogen and oxygen atoms in total. The second-order valence-corrected chi connectivity index (χ2v) is 6.83. The Bertz CT molecular complexity index is 796. The van der Waals surface area contributed by atoms with Crippen molar-refractivity contribution in [3.8, 4) is 0 Å². The molecule has 0 atom stereocenters. The molecule has 0 spiro atoms. The maximum atomic E-state index is 11.7. The second kappa shape index (κ2) is 13.9. The van der Waals surface area contributed by atoms with E-state index in [9.17, 15) is 4.79 Å². The molecular formula is C22H31IN4O4. The van der Waals surface area contributed by atoms with E-state index < -0.39 is 0 Å².